The smallest absolute Gasteiger partial charge is 0.284 e. The zero-order valence-corrected chi connectivity index (χ0v) is 33.4. The van der Waals surface area contributed by atoms with Gasteiger partial charge in [0, 0.05) is 75.7 Å². The van der Waals surface area contributed by atoms with Crippen LogP contribution < -0.4 is 26.6 Å². The summed E-state index contributed by atoms with van der Waals surface area (Å²) in [5.41, 5.74) is 8.43. The average molecular weight is 830 g/mol. The Labute approximate surface area is 344 Å². The second-order valence-corrected chi connectivity index (χ2v) is 16.8. The summed E-state index contributed by atoms with van der Waals surface area (Å²) in [6, 6.07) is 7.47. The molecule has 3 aliphatic heterocycles. The Hall–Kier alpha value is -5.56. The number of benzene rings is 1. The van der Waals surface area contributed by atoms with E-state index >= 15 is 0 Å². The third-order valence-electron chi connectivity index (χ3n) is 12.8. The number of anilines is 3. The number of imide groups is 1. The predicted molar refractivity (Wildman–Crippen MR) is 218 cm³/mol. The molecule has 3 atom stereocenters. The summed E-state index contributed by atoms with van der Waals surface area (Å²) < 4.78 is 47.4. The molecule has 1 aromatic carbocycles. The van der Waals surface area contributed by atoms with Crippen LogP contribution in [0.5, 0.6) is 0 Å². The number of nitrogens with one attached hydrogen (secondary N) is 3. The van der Waals surface area contributed by atoms with E-state index in [2.05, 4.69) is 47.2 Å². The molecule has 0 spiro atoms. The number of alkyl halides is 3. The third kappa shape index (κ3) is 8.03. The number of amides is 3. The van der Waals surface area contributed by atoms with Crippen LogP contribution in [0.3, 0.4) is 0 Å². The fourth-order valence-electron chi connectivity index (χ4n) is 9.44. The number of rotatable bonds is 10. The molecule has 60 heavy (non-hydrogen) atoms. The number of nitrogens with zero attached hydrogens (tertiary/aromatic N) is 9. The Balaban J connectivity index is 0.769. The van der Waals surface area contributed by atoms with Crippen molar-refractivity contribution in [2.75, 3.05) is 48.3 Å². The van der Waals surface area contributed by atoms with Crippen molar-refractivity contribution in [3.05, 3.63) is 59.8 Å². The molecule has 1 unspecified atom stereocenters. The van der Waals surface area contributed by atoms with E-state index in [1.165, 1.54) is 16.9 Å². The van der Waals surface area contributed by atoms with Crippen molar-refractivity contribution in [1.29, 1.82) is 0 Å². The second-order valence-electron chi connectivity index (χ2n) is 16.8. The number of hydrogen-bond acceptors (Lipinski definition) is 11. The molecule has 9 rings (SSSR count). The molecular formula is C41H50F3N13O3. The van der Waals surface area contributed by atoms with E-state index in [1.54, 1.807) is 21.6 Å². The Morgan fingerprint density at radius 1 is 1.02 bits per heavy atom. The molecule has 5 aromatic rings. The first kappa shape index (κ1) is 39.9. The van der Waals surface area contributed by atoms with Crippen LogP contribution in [0.25, 0.3) is 16.6 Å². The highest BCUT2D eigenvalue weighted by molar-refractivity contribution is 6.08. The molecule has 318 valence electrons. The summed E-state index contributed by atoms with van der Waals surface area (Å²) in [6.45, 7) is 3.64. The van der Waals surface area contributed by atoms with Gasteiger partial charge < -0.3 is 26.2 Å². The van der Waals surface area contributed by atoms with Gasteiger partial charge in [-0.3, -0.25) is 29.1 Å². The second kappa shape index (κ2) is 16.5. The molecule has 0 radical (unpaired) electrons. The minimum Gasteiger partial charge on any atom is -0.382 e. The highest BCUT2D eigenvalue weighted by Crippen LogP contribution is 2.36. The van der Waals surface area contributed by atoms with Gasteiger partial charge in [0.1, 0.15) is 17.6 Å². The SMILES string of the molecule is Cn1nc(C2CCC(=O)NC2=O)c2ccc(NC3CCN(CC4CCC(n5cc(NC(=O)c6cnn7ccc(N8CC[C@H](F)[C@@H](N)C8)nc67)c(C(F)F)n5)CC4)CC3)cc21. The summed E-state index contributed by atoms with van der Waals surface area (Å²) in [5, 5.41) is 22.9. The molecule has 4 aromatic heterocycles. The molecule has 1 saturated carbocycles. The first-order chi connectivity index (χ1) is 29.0. The summed E-state index contributed by atoms with van der Waals surface area (Å²) in [6.07, 6.45) is 7.06. The Bertz CT molecular complexity index is 2400. The van der Waals surface area contributed by atoms with Crippen LogP contribution in [0.1, 0.15) is 97.9 Å². The van der Waals surface area contributed by atoms with E-state index in [1.807, 2.05) is 24.1 Å². The van der Waals surface area contributed by atoms with Gasteiger partial charge in [-0.2, -0.15) is 15.3 Å². The quantitative estimate of drug-likeness (QED) is 0.143. The third-order valence-corrected chi connectivity index (χ3v) is 12.8. The Kier molecular flexibility index (Phi) is 11.0. The predicted octanol–water partition coefficient (Wildman–Crippen LogP) is 4.71. The van der Waals surface area contributed by atoms with Crippen LogP contribution in [0, 0.1) is 5.92 Å². The maximum absolute atomic E-state index is 14.3. The zero-order chi connectivity index (χ0) is 41.7. The number of likely N-dealkylation sites (tertiary alicyclic amines) is 1. The molecule has 1 aliphatic carbocycles. The fraction of sp³-hybridized carbons (Fsp3) is 0.537. The van der Waals surface area contributed by atoms with Crippen molar-refractivity contribution in [3.8, 4) is 0 Å². The highest BCUT2D eigenvalue weighted by Gasteiger charge is 2.33. The largest absolute Gasteiger partial charge is 0.382 e. The number of piperidine rings is 3. The van der Waals surface area contributed by atoms with Crippen molar-refractivity contribution < 1.29 is 27.6 Å². The number of nitrogens with two attached hydrogens (primary N) is 1. The number of carbonyl (C=O) groups is 3. The van der Waals surface area contributed by atoms with Gasteiger partial charge in [-0.1, -0.05) is 0 Å². The molecular weight excluding hydrogens is 780 g/mol. The van der Waals surface area contributed by atoms with Crippen LogP contribution in [0.4, 0.5) is 30.4 Å². The van der Waals surface area contributed by atoms with Crippen molar-refractivity contribution in [1.82, 2.24) is 44.4 Å². The van der Waals surface area contributed by atoms with Crippen LogP contribution in [-0.2, 0) is 16.6 Å². The van der Waals surface area contributed by atoms with Crippen LogP contribution in [-0.4, -0.2) is 108 Å². The van der Waals surface area contributed by atoms with E-state index in [4.69, 9.17) is 5.73 Å². The van der Waals surface area contributed by atoms with Gasteiger partial charge in [-0.05, 0) is 81.5 Å². The van der Waals surface area contributed by atoms with Crippen LogP contribution in [0.15, 0.2) is 42.9 Å². The van der Waals surface area contributed by atoms with E-state index < -0.39 is 36.2 Å². The maximum atomic E-state index is 14.3. The van der Waals surface area contributed by atoms with Crippen molar-refractivity contribution in [3.63, 3.8) is 0 Å². The average Bonchev–Trinajstić information content (AvgIpc) is 3.95. The molecule has 4 aliphatic rings. The molecule has 19 heteroatoms. The monoisotopic (exact) mass is 829 g/mol. The van der Waals surface area contributed by atoms with Gasteiger partial charge in [0.15, 0.2) is 11.3 Å². The lowest BCUT2D eigenvalue weighted by Gasteiger charge is -2.37. The normalized spacial score (nSPS) is 24.7. The van der Waals surface area contributed by atoms with Crippen molar-refractivity contribution in [2.24, 2.45) is 18.7 Å². The summed E-state index contributed by atoms with van der Waals surface area (Å²) in [5.74, 6) is -0.580. The van der Waals surface area contributed by atoms with E-state index in [-0.39, 0.29) is 47.7 Å². The number of fused-ring (bicyclic) bond motifs is 2. The minimum absolute atomic E-state index is 0.0441. The number of carbonyl (C=O) groups excluding carboxylic acids is 3. The minimum atomic E-state index is -2.89. The molecule has 3 saturated heterocycles. The lowest BCUT2D eigenvalue weighted by Crippen LogP contribution is -2.50. The van der Waals surface area contributed by atoms with E-state index in [0.29, 0.717) is 42.9 Å². The standard InChI is InChI=1S/C41H50F3N13O3/c1-53-33-18-25(4-7-27(33)36(51-53)28-8-9-35(58)50-40(28)59)47-24-10-14-54(15-11-24)20-23-2-5-26(6-3-23)57-22-32(37(52-57)38(43)44)48-41(60)29-19-46-56-17-13-34(49-39(29)56)55-16-12-30(42)31(45)21-55/h4,7,13,17-19,22-24,26,28,30-31,38,47H,2-3,5-6,8-12,14-16,20-21,45H2,1H3,(H,48,60)(H,50,58,59)/t23?,26?,28?,30-,31-/m0/s1. The molecule has 16 nitrogen and oxygen atoms in total. The summed E-state index contributed by atoms with van der Waals surface area (Å²) in [7, 11) is 1.87. The van der Waals surface area contributed by atoms with Gasteiger partial charge in [0.25, 0.3) is 12.3 Å². The lowest BCUT2D eigenvalue weighted by atomic mass is 9.85. The number of halogens is 3. The molecule has 3 amide bonds. The Morgan fingerprint density at radius 2 is 1.82 bits per heavy atom. The molecule has 0 bridgehead atoms. The topological polar surface area (TPSA) is 186 Å². The maximum Gasteiger partial charge on any atom is 0.284 e. The van der Waals surface area contributed by atoms with Crippen LogP contribution >= 0.6 is 0 Å². The Morgan fingerprint density at radius 3 is 2.57 bits per heavy atom. The molecule has 4 fully saturated rings. The van der Waals surface area contributed by atoms with Gasteiger partial charge in [-0.15, -0.1) is 0 Å². The first-order valence-electron chi connectivity index (χ1n) is 20.9. The van der Waals surface area contributed by atoms with E-state index in [9.17, 15) is 27.6 Å². The van der Waals surface area contributed by atoms with Crippen molar-refractivity contribution >= 4 is 51.5 Å². The number of hydrogen-bond donors (Lipinski definition) is 4. The summed E-state index contributed by atoms with van der Waals surface area (Å²) in [4.78, 5) is 46.7. The van der Waals surface area contributed by atoms with Crippen molar-refractivity contribution in [2.45, 2.75) is 94.4 Å². The number of aromatic nitrogens is 7. The lowest BCUT2D eigenvalue weighted by molar-refractivity contribution is -0.134. The van der Waals surface area contributed by atoms with Crippen LogP contribution in [0.2, 0.25) is 0 Å². The summed E-state index contributed by atoms with van der Waals surface area (Å²) >= 11 is 0. The first-order valence-corrected chi connectivity index (χ1v) is 20.9. The number of aryl methyl sites for hydroxylation is 1. The zero-order valence-electron chi connectivity index (χ0n) is 33.4. The van der Waals surface area contributed by atoms with Gasteiger partial charge in [0.2, 0.25) is 11.8 Å². The van der Waals surface area contributed by atoms with Gasteiger partial charge in [0.05, 0.1) is 41.1 Å². The van der Waals surface area contributed by atoms with Gasteiger partial charge >= 0.3 is 0 Å². The van der Waals surface area contributed by atoms with Gasteiger partial charge in [-0.25, -0.2) is 22.7 Å². The molecule has 7 heterocycles. The highest BCUT2D eigenvalue weighted by atomic mass is 19.3. The molecule has 5 N–H and O–H groups in total. The van der Waals surface area contributed by atoms with E-state index in [0.717, 1.165) is 74.7 Å². The fourth-order valence-corrected chi connectivity index (χ4v) is 9.44.